The van der Waals surface area contributed by atoms with Crippen molar-refractivity contribution in [2.45, 2.75) is 26.2 Å². The highest BCUT2D eigenvalue weighted by atomic mass is 32.2. The molecule has 7 heteroatoms. The summed E-state index contributed by atoms with van der Waals surface area (Å²) >= 11 is 0. The van der Waals surface area contributed by atoms with Crippen LogP contribution in [0.2, 0.25) is 0 Å². The lowest BCUT2D eigenvalue weighted by molar-refractivity contribution is -0.128. The van der Waals surface area contributed by atoms with Gasteiger partial charge in [0.2, 0.25) is 15.9 Å². The highest BCUT2D eigenvalue weighted by Gasteiger charge is 2.18. The number of likely N-dealkylation sites (N-methyl/N-ethyl adjacent to an activating group) is 1. The van der Waals surface area contributed by atoms with Crippen LogP contribution in [0, 0.1) is 5.92 Å². The molecule has 2 N–H and O–H groups in total. The van der Waals surface area contributed by atoms with Crippen LogP contribution in [0.5, 0.6) is 0 Å². The van der Waals surface area contributed by atoms with E-state index in [0.717, 1.165) is 25.9 Å². The van der Waals surface area contributed by atoms with E-state index in [2.05, 4.69) is 10.0 Å². The molecule has 0 bridgehead atoms. The lowest BCUT2D eigenvalue weighted by atomic mass is 9.96. The van der Waals surface area contributed by atoms with Gasteiger partial charge in [-0.2, -0.15) is 0 Å². The van der Waals surface area contributed by atoms with Gasteiger partial charge in [-0.1, -0.05) is 0 Å². The summed E-state index contributed by atoms with van der Waals surface area (Å²) in [4.78, 5) is 13.0. The van der Waals surface area contributed by atoms with Crippen molar-refractivity contribution >= 4 is 15.9 Å². The summed E-state index contributed by atoms with van der Waals surface area (Å²) in [6.45, 7) is 4.23. The third kappa shape index (κ3) is 6.35. The average molecular weight is 291 g/mol. The molecule has 0 unspecified atom stereocenters. The fourth-order valence-corrected chi connectivity index (χ4v) is 3.18. The second-order valence-corrected chi connectivity index (χ2v) is 6.96. The predicted octanol–water partition coefficient (Wildman–Crippen LogP) is -0.226. The van der Waals surface area contributed by atoms with Gasteiger partial charge in [-0.25, -0.2) is 13.1 Å². The molecule has 0 spiro atoms. The van der Waals surface area contributed by atoms with Crippen molar-refractivity contribution in [1.82, 2.24) is 14.9 Å². The number of nitrogens with one attached hydrogen (secondary N) is 2. The monoisotopic (exact) mass is 291 g/mol. The van der Waals surface area contributed by atoms with E-state index in [9.17, 15) is 13.2 Å². The lowest BCUT2D eigenvalue weighted by Gasteiger charge is -2.22. The third-order valence-corrected chi connectivity index (χ3v) is 4.95. The quantitative estimate of drug-likeness (QED) is 0.679. The molecule has 1 aliphatic heterocycles. The van der Waals surface area contributed by atoms with E-state index in [-0.39, 0.29) is 18.2 Å². The molecule has 1 amide bonds. The fraction of sp³-hybridized carbons (Fsp3) is 0.917. The summed E-state index contributed by atoms with van der Waals surface area (Å²) in [5.74, 6) is 0.389. The number of rotatable bonds is 7. The van der Waals surface area contributed by atoms with Crippen LogP contribution < -0.4 is 10.0 Å². The van der Waals surface area contributed by atoms with Crippen molar-refractivity contribution < 1.29 is 13.2 Å². The molecule has 6 nitrogen and oxygen atoms in total. The second kappa shape index (κ2) is 7.81. The van der Waals surface area contributed by atoms with E-state index < -0.39 is 10.0 Å². The Morgan fingerprint density at radius 2 is 2.00 bits per heavy atom. The van der Waals surface area contributed by atoms with Crippen molar-refractivity contribution in [2.75, 3.05) is 39.0 Å². The van der Waals surface area contributed by atoms with E-state index in [4.69, 9.17) is 0 Å². The molecule has 0 aromatic heterocycles. The Kier molecular flexibility index (Phi) is 6.74. The molecule has 1 rings (SSSR count). The molecule has 112 valence electrons. The van der Waals surface area contributed by atoms with Crippen molar-refractivity contribution in [1.29, 1.82) is 0 Å². The van der Waals surface area contributed by atoms with Crippen LogP contribution in [0.1, 0.15) is 26.2 Å². The topological polar surface area (TPSA) is 78.5 Å². The van der Waals surface area contributed by atoms with Gasteiger partial charge < -0.3 is 10.2 Å². The second-order valence-electron chi connectivity index (χ2n) is 5.03. The van der Waals surface area contributed by atoms with E-state index in [1.165, 1.54) is 4.90 Å². The van der Waals surface area contributed by atoms with Crippen LogP contribution in [0.4, 0.5) is 0 Å². The standard InChI is InChI=1S/C12H25N3O3S/c1-3-15(2)12(16)10-14-19(17,18)9-6-11-4-7-13-8-5-11/h11,13-14H,3-10H2,1-2H3. The normalized spacial score (nSPS) is 17.4. The number of nitrogens with zero attached hydrogens (tertiary/aromatic N) is 1. The van der Waals surface area contributed by atoms with Gasteiger partial charge in [0.1, 0.15) is 0 Å². The Hall–Kier alpha value is -0.660. The summed E-state index contributed by atoms with van der Waals surface area (Å²) in [6, 6.07) is 0. The first-order valence-electron chi connectivity index (χ1n) is 6.86. The Bertz CT molecular complexity index is 378. The molecule has 0 radical (unpaired) electrons. The number of carbonyl (C=O) groups is 1. The number of hydrogen-bond donors (Lipinski definition) is 2. The van der Waals surface area contributed by atoms with E-state index >= 15 is 0 Å². The maximum absolute atomic E-state index is 11.8. The summed E-state index contributed by atoms with van der Waals surface area (Å²) in [7, 11) is -1.68. The molecule has 0 aromatic carbocycles. The van der Waals surface area contributed by atoms with Crippen LogP contribution in [-0.2, 0) is 14.8 Å². The molecule has 1 aliphatic rings. The maximum Gasteiger partial charge on any atom is 0.237 e. The van der Waals surface area contributed by atoms with Crippen molar-refractivity contribution in [3.8, 4) is 0 Å². The SMILES string of the molecule is CCN(C)C(=O)CNS(=O)(=O)CCC1CCNCC1. The molecule has 1 saturated heterocycles. The van der Waals surface area contributed by atoms with Gasteiger partial charge in [-0.3, -0.25) is 4.79 Å². The molecular weight excluding hydrogens is 266 g/mol. The highest BCUT2D eigenvalue weighted by molar-refractivity contribution is 7.89. The lowest BCUT2D eigenvalue weighted by Crippen LogP contribution is -2.39. The van der Waals surface area contributed by atoms with Crippen LogP contribution in [0.3, 0.4) is 0 Å². The zero-order chi connectivity index (χ0) is 14.3. The summed E-state index contributed by atoms with van der Waals surface area (Å²) in [6.07, 6.45) is 2.74. The number of piperidine rings is 1. The number of hydrogen-bond acceptors (Lipinski definition) is 4. The Morgan fingerprint density at radius 1 is 1.37 bits per heavy atom. The van der Waals surface area contributed by atoms with E-state index in [1.54, 1.807) is 7.05 Å². The zero-order valence-corrected chi connectivity index (χ0v) is 12.6. The van der Waals surface area contributed by atoms with Crippen LogP contribution in [0.15, 0.2) is 0 Å². The molecule has 0 atom stereocenters. The highest BCUT2D eigenvalue weighted by Crippen LogP contribution is 2.16. The Morgan fingerprint density at radius 3 is 2.58 bits per heavy atom. The fourth-order valence-electron chi connectivity index (χ4n) is 2.05. The molecule has 0 aromatic rings. The average Bonchev–Trinajstić information content (AvgIpc) is 2.43. The van der Waals surface area contributed by atoms with Crippen molar-refractivity contribution in [3.05, 3.63) is 0 Å². The van der Waals surface area contributed by atoms with Gasteiger partial charge in [0, 0.05) is 13.6 Å². The first-order chi connectivity index (χ1) is 8.94. The van der Waals surface area contributed by atoms with E-state index in [1.807, 2.05) is 6.92 Å². The van der Waals surface area contributed by atoms with Gasteiger partial charge in [-0.15, -0.1) is 0 Å². The number of amides is 1. The largest absolute Gasteiger partial charge is 0.345 e. The third-order valence-electron chi connectivity index (χ3n) is 3.60. The number of sulfonamides is 1. The number of carbonyl (C=O) groups excluding carboxylic acids is 1. The molecule has 19 heavy (non-hydrogen) atoms. The first kappa shape index (κ1) is 16.4. The van der Waals surface area contributed by atoms with E-state index in [0.29, 0.717) is 18.9 Å². The smallest absolute Gasteiger partial charge is 0.237 e. The zero-order valence-electron chi connectivity index (χ0n) is 11.8. The van der Waals surface area contributed by atoms with Gasteiger partial charge in [0.15, 0.2) is 0 Å². The van der Waals surface area contributed by atoms with Gasteiger partial charge >= 0.3 is 0 Å². The van der Waals surface area contributed by atoms with Crippen molar-refractivity contribution in [3.63, 3.8) is 0 Å². The van der Waals surface area contributed by atoms with Gasteiger partial charge in [0.05, 0.1) is 12.3 Å². The summed E-state index contributed by atoms with van der Waals surface area (Å²) in [5, 5.41) is 3.26. The van der Waals surface area contributed by atoms with Crippen LogP contribution >= 0.6 is 0 Å². The van der Waals surface area contributed by atoms with Gasteiger partial charge in [-0.05, 0) is 45.2 Å². The first-order valence-corrected chi connectivity index (χ1v) is 8.52. The minimum Gasteiger partial charge on any atom is -0.345 e. The Labute approximate surface area is 116 Å². The van der Waals surface area contributed by atoms with Crippen LogP contribution in [-0.4, -0.2) is 58.2 Å². The van der Waals surface area contributed by atoms with Gasteiger partial charge in [0.25, 0.3) is 0 Å². The minimum absolute atomic E-state index is 0.112. The molecular formula is C12H25N3O3S. The summed E-state index contributed by atoms with van der Waals surface area (Å²) < 4.78 is 26.0. The molecule has 0 aliphatic carbocycles. The Balaban J connectivity index is 2.29. The maximum atomic E-state index is 11.8. The molecule has 1 fully saturated rings. The van der Waals surface area contributed by atoms with Crippen molar-refractivity contribution in [2.24, 2.45) is 5.92 Å². The minimum atomic E-state index is -3.34. The molecule has 0 saturated carbocycles. The predicted molar refractivity (Wildman–Crippen MR) is 75.3 cm³/mol. The molecule has 1 heterocycles. The van der Waals surface area contributed by atoms with Crippen LogP contribution in [0.25, 0.3) is 0 Å². The summed E-state index contributed by atoms with van der Waals surface area (Å²) in [5.41, 5.74) is 0.